The van der Waals surface area contributed by atoms with Crippen molar-refractivity contribution < 1.29 is 14.6 Å². The van der Waals surface area contributed by atoms with E-state index in [9.17, 15) is 9.90 Å². The van der Waals surface area contributed by atoms with Gasteiger partial charge < -0.3 is 9.84 Å². The van der Waals surface area contributed by atoms with E-state index in [0.717, 1.165) is 19.3 Å². The van der Waals surface area contributed by atoms with E-state index in [1.54, 1.807) is 11.6 Å². The fraction of sp³-hybridized carbons (Fsp3) is 0.667. The molecule has 1 aliphatic carbocycles. The van der Waals surface area contributed by atoms with Crippen LogP contribution in [-0.2, 0) is 11.3 Å². The van der Waals surface area contributed by atoms with Crippen molar-refractivity contribution in [1.82, 2.24) is 9.78 Å². The quantitative estimate of drug-likeness (QED) is 0.778. The first-order valence-electron chi connectivity index (χ1n) is 6.23. The van der Waals surface area contributed by atoms with Crippen LogP contribution in [0.1, 0.15) is 36.5 Å². The second-order valence-corrected chi connectivity index (χ2v) is 6.35. The second kappa shape index (κ2) is 5.93. The van der Waals surface area contributed by atoms with Gasteiger partial charge >= 0.3 is 5.97 Å². The van der Waals surface area contributed by atoms with Gasteiger partial charge in [0.15, 0.2) is 0 Å². The number of esters is 1. The minimum atomic E-state index is -0.404. The molecule has 0 unspecified atom stereocenters. The summed E-state index contributed by atoms with van der Waals surface area (Å²) in [5.74, 6) is -0.404. The third kappa shape index (κ3) is 2.87. The maximum absolute atomic E-state index is 11.8. The smallest absolute Gasteiger partial charge is 0.343 e. The molecule has 0 spiro atoms. The Kier molecular flexibility index (Phi) is 4.68. The number of rotatable bonds is 5. The van der Waals surface area contributed by atoms with Gasteiger partial charge in [-0.25, -0.2) is 4.79 Å². The highest BCUT2D eigenvalue weighted by Crippen LogP contribution is 2.42. The van der Waals surface area contributed by atoms with E-state index in [2.05, 4.69) is 37.0 Å². The lowest BCUT2D eigenvalue weighted by Gasteiger charge is -2.40. The van der Waals surface area contributed by atoms with Gasteiger partial charge in [0, 0.05) is 5.41 Å². The highest BCUT2D eigenvalue weighted by molar-refractivity contribution is 9.11. The molecule has 5 nitrogen and oxygen atoms in total. The molecule has 2 rings (SSSR count). The summed E-state index contributed by atoms with van der Waals surface area (Å²) < 4.78 is 7.77. The number of carbonyl (C=O) groups is 1. The molecule has 106 valence electrons. The number of aliphatic hydroxyl groups excluding tert-OH is 1. The monoisotopic (exact) mass is 394 g/mol. The molecule has 0 radical (unpaired) electrons. The molecule has 0 aromatic carbocycles. The first kappa shape index (κ1) is 15.0. The molecule has 0 aliphatic heterocycles. The highest BCUT2D eigenvalue weighted by atomic mass is 79.9. The fourth-order valence-electron chi connectivity index (χ4n) is 2.25. The number of halogens is 2. The molecule has 0 amide bonds. The number of nitrogens with zero attached hydrogens (tertiary/aromatic N) is 2. The first-order valence-corrected chi connectivity index (χ1v) is 7.81. The van der Waals surface area contributed by atoms with Crippen LogP contribution in [0, 0.1) is 5.41 Å². The summed E-state index contributed by atoms with van der Waals surface area (Å²) in [5.41, 5.74) is 0.300. The largest absolute Gasteiger partial charge is 0.462 e. The summed E-state index contributed by atoms with van der Waals surface area (Å²) in [5, 5.41) is 13.8. The van der Waals surface area contributed by atoms with Gasteiger partial charge in [-0.3, -0.25) is 4.68 Å². The molecular formula is C12H16Br2N2O3. The number of hydrogen-bond donors (Lipinski definition) is 1. The van der Waals surface area contributed by atoms with E-state index < -0.39 is 5.97 Å². The van der Waals surface area contributed by atoms with Gasteiger partial charge in [-0.15, -0.1) is 0 Å². The summed E-state index contributed by atoms with van der Waals surface area (Å²) >= 11 is 6.68. The molecule has 7 heteroatoms. The molecule has 1 aliphatic rings. The van der Waals surface area contributed by atoms with Gasteiger partial charge in [0.25, 0.3) is 0 Å². The van der Waals surface area contributed by atoms with Crippen molar-refractivity contribution in [2.24, 2.45) is 5.41 Å². The Morgan fingerprint density at radius 2 is 2.21 bits per heavy atom. The minimum Gasteiger partial charge on any atom is -0.462 e. The van der Waals surface area contributed by atoms with E-state index in [1.165, 1.54) is 0 Å². The van der Waals surface area contributed by atoms with Crippen molar-refractivity contribution >= 4 is 37.8 Å². The van der Waals surface area contributed by atoms with Crippen LogP contribution < -0.4 is 0 Å². The summed E-state index contributed by atoms with van der Waals surface area (Å²) in [6.07, 6.45) is 3.11. The fourth-order valence-corrected chi connectivity index (χ4v) is 3.61. The molecule has 1 fully saturated rings. The number of hydrogen-bond acceptors (Lipinski definition) is 4. The van der Waals surface area contributed by atoms with Crippen LogP contribution >= 0.6 is 31.9 Å². The molecule has 1 N–H and O–H groups in total. The number of ether oxygens (including phenoxy) is 1. The second-order valence-electron chi connectivity index (χ2n) is 4.85. The Morgan fingerprint density at radius 1 is 1.53 bits per heavy atom. The summed E-state index contributed by atoms with van der Waals surface area (Å²) in [4.78, 5) is 11.8. The van der Waals surface area contributed by atoms with Crippen molar-refractivity contribution in [3.8, 4) is 0 Å². The maximum atomic E-state index is 11.8. The highest BCUT2D eigenvalue weighted by Gasteiger charge is 2.38. The Morgan fingerprint density at radius 3 is 2.68 bits per heavy atom. The van der Waals surface area contributed by atoms with E-state index in [0.29, 0.717) is 27.9 Å². The van der Waals surface area contributed by atoms with E-state index >= 15 is 0 Å². The minimum absolute atomic E-state index is 0.0973. The Balaban J connectivity index is 2.23. The van der Waals surface area contributed by atoms with Crippen molar-refractivity contribution in [3.05, 3.63) is 14.8 Å². The molecule has 0 atom stereocenters. The predicted octanol–water partition coefficient (Wildman–Crippen LogP) is 2.75. The Labute approximate surface area is 128 Å². The topological polar surface area (TPSA) is 64.3 Å². The molecule has 1 aromatic heterocycles. The number of aromatic nitrogens is 2. The van der Waals surface area contributed by atoms with E-state index in [4.69, 9.17) is 4.74 Å². The lowest BCUT2D eigenvalue weighted by atomic mass is 9.69. The van der Waals surface area contributed by atoms with Crippen molar-refractivity contribution in [3.63, 3.8) is 0 Å². The van der Waals surface area contributed by atoms with Crippen LogP contribution in [0.4, 0.5) is 0 Å². The normalized spacial score (nSPS) is 17.1. The number of aliphatic hydroxyl groups is 1. The lowest BCUT2D eigenvalue weighted by Crippen LogP contribution is -2.38. The van der Waals surface area contributed by atoms with Crippen LogP contribution in [0.3, 0.4) is 0 Å². The van der Waals surface area contributed by atoms with Gasteiger partial charge in [-0.1, -0.05) is 6.42 Å². The van der Waals surface area contributed by atoms with Crippen molar-refractivity contribution in [2.75, 3.05) is 13.2 Å². The molecule has 1 heterocycles. The molecular weight excluding hydrogens is 380 g/mol. The zero-order valence-electron chi connectivity index (χ0n) is 10.7. The SMILES string of the molecule is CCOC(=O)c1c(Br)nn(CC2(CO)CCC2)c1Br. The number of carbonyl (C=O) groups excluding carboxylic acids is 1. The Bertz CT molecular complexity index is 478. The van der Waals surface area contributed by atoms with Gasteiger partial charge in [0.05, 0.1) is 19.8 Å². The zero-order chi connectivity index (χ0) is 14.0. The average molecular weight is 396 g/mol. The van der Waals surface area contributed by atoms with Crippen LogP contribution in [0.2, 0.25) is 0 Å². The molecule has 1 saturated carbocycles. The third-order valence-electron chi connectivity index (χ3n) is 3.56. The molecule has 1 aromatic rings. The van der Waals surface area contributed by atoms with Crippen LogP contribution in [0.25, 0.3) is 0 Å². The molecule has 19 heavy (non-hydrogen) atoms. The zero-order valence-corrected chi connectivity index (χ0v) is 13.8. The standard InChI is InChI=1S/C12H16Br2N2O3/c1-2-19-11(18)8-9(13)15-16(10(8)14)6-12(7-17)4-3-5-12/h17H,2-7H2,1H3. The summed E-state index contributed by atoms with van der Waals surface area (Å²) in [7, 11) is 0. The van der Waals surface area contributed by atoms with Crippen molar-refractivity contribution in [2.45, 2.75) is 32.7 Å². The van der Waals surface area contributed by atoms with E-state index in [1.807, 2.05) is 0 Å². The summed E-state index contributed by atoms with van der Waals surface area (Å²) in [6, 6.07) is 0. The van der Waals surface area contributed by atoms with Gasteiger partial charge in [0.1, 0.15) is 14.8 Å². The van der Waals surface area contributed by atoms with Crippen LogP contribution in [-0.4, -0.2) is 34.1 Å². The first-order chi connectivity index (χ1) is 9.03. The van der Waals surface area contributed by atoms with Gasteiger partial charge in [0.2, 0.25) is 0 Å². The maximum Gasteiger partial charge on any atom is 0.343 e. The van der Waals surface area contributed by atoms with E-state index in [-0.39, 0.29) is 12.0 Å². The molecule has 0 bridgehead atoms. The molecule has 0 saturated heterocycles. The Hall–Kier alpha value is -0.400. The summed E-state index contributed by atoms with van der Waals surface area (Å²) in [6.45, 7) is 2.83. The average Bonchev–Trinajstić information content (AvgIpc) is 2.59. The lowest BCUT2D eigenvalue weighted by molar-refractivity contribution is 0.0235. The van der Waals surface area contributed by atoms with Gasteiger partial charge in [-0.05, 0) is 51.6 Å². The van der Waals surface area contributed by atoms with Crippen LogP contribution in [0.15, 0.2) is 9.21 Å². The van der Waals surface area contributed by atoms with Gasteiger partial charge in [-0.2, -0.15) is 5.10 Å². The predicted molar refractivity (Wildman–Crippen MR) is 77.0 cm³/mol. The van der Waals surface area contributed by atoms with Crippen LogP contribution in [0.5, 0.6) is 0 Å². The third-order valence-corrected chi connectivity index (χ3v) is 4.92. The van der Waals surface area contributed by atoms with Crippen molar-refractivity contribution in [1.29, 1.82) is 0 Å².